The minimum absolute atomic E-state index is 0.0766. The first-order chi connectivity index (χ1) is 11.2. The maximum atomic E-state index is 12.4. The normalized spacial score (nSPS) is 11.4. The lowest BCUT2D eigenvalue weighted by molar-refractivity contribution is -0.118. The first-order valence-corrected chi connectivity index (χ1v) is 9.32. The highest BCUT2D eigenvalue weighted by Gasteiger charge is 2.18. The van der Waals surface area contributed by atoms with Gasteiger partial charge in [-0.1, -0.05) is 37.0 Å². The van der Waals surface area contributed by atoms with E-state index in [0.29, 0.717) is 11.4 Å². The number of halogens is 2. The molecule has 0 aliphatic rings. The van der Waals surface area contributed by atoms with Gasteiger partial charge < -0.3 is 5.32 Å². The molecular weight excluding hydrogens is 371 g/mol. The van der Waals surface area contributed by atoms with Crippen LogP contribution in [0, 0.1) is 5.92 Å². The van der Waals surface area contributed by atoms with E-state index in [4.69, 9.17) is 23.2 Å². The van der Waals surface area contributed by atoms with E-state index in [1.54, 1.807) is 38.1 Å². The minimum atomic E-state index is -3.87. The summed E-state index contributed by atoms with van der Waals surface area (Å²) in [7, 11) is -3.87. The lowest BCUT2D eigenvalue weighted by Gasteiger charge is -2.11. The zero-order valence-electron chi connectivity index (χ0n) is 13.0. The molecule has 0 bridgehead atoms. The van der Waals surface area contributed by atoms with Crippen LogP contribution in [0.4, 0.5) is 11.4 Å². The Labute approximate surface area is 151 Å². The summed E-state index contributed by atoms with van der Waals surface area (Å²) in [6.45, 7) is 3.57. The second-order valence-corrected chi connectivity index (χ2v) is 7.90. The Bertz CT molecular complexity index is 850. The summed E-state index contributed by atoms with van der Waals surface area (Å²) in [5.74, 6) is -0.262. The first kappa shape index (κ1) is 18.6. The molecule has 0 atom stereocenters. The molecule has 1 amide bonds. The fourth-order valence-electron chi connectivity index (χ4n) is 1.80. The number of carbonyl (C=O) groups is 1. The summed E-state index contributed by atoms with van der Waals surface area (Å²) in [5, 5.41) is 3.07. The lowest BCUT2D eigenvalue weighted by atomic mass is 10.2. The number of hydrogen-bond acceptors (Lipinski definition) is 3. The molecule has 2 N–H and O–H groups in total. The van der Waals surface area contributed by atoms with Crippen molar-refractivity contribution in [1.29, 1.82) is 0 Å². The van der Waals surface area contributed by atoms with Crippen molar-refractivity contribution in [3.63, 3.8) is 0 Å². The van der Waals surface area contributed by atoms with Crippen molar-refractivity contribution in [2.75, 3.05) is 10.0 Å². The van der Waals surface area contributed by atoms with Crippen LogP contribution in [-0.4, -0.2) is 14.3 Å². The smallest absolute Gasteiger partial charge is 0.263 e. The molecule has 0 aliphatic heterocycles. The van der Waals surface area contributed by atoms with Crippen LogP contribution in [-0.2, 0) is 14.8 Å². The van der Waals surface area contributed by atoms with E-state index in [2.05, 4.69) is 10.0 Å². The second-order valence-electron chi connectivity index (χ2n) is 5.40. The van der Waals surface area contributed by atoms with E-state index in [1.807, 2.05) is 0 Å². The highest BCUT2D eigenvalue weighted by Crippen LogP contribution is 2.27. The number of sulfonamides is 1. The highest BCUT2D eigenvalue weighted by atomic mass is 35.5. The molecule has 8 heteroatoms. The van der Waals surface area contributed by atoms with Gasteiger partial charge in [-0.25, -0.2) is 8.42 Å². The molecule has 2 aromatic rings. The lowest BCUT2D eigenvalue weighted by Crippen LogP contribution is -2.17. The molecule has 2 rings (SSSR count). The third-order valence-corrected chi connectivity index (χ3v) is 5.21. The van der Waals surface area contributed by atoms with Crippen molar-refractivity contribution in [3.05, 3.63) is 52.5 Å². The standard InChI is InChI=1S/C16H16Cl2N2O3S/c1-10(2)16(21)19-12-4-6-13(7-5-12)20-24(22,23)15-9-11(17)3-8-14(15)18/h3-10,20H,1-2H3,(H,19,21). The predicted octanol–water partition coefficient (Wildman–Crippen LogP) is 4.39. The van der Waals surface area contributed by atoms with Crippen molar-refractivity contribution in [1.82, 2.24) is 0 Å². The zero-order chi connectivity index (χ0) is 17.9. The molecule has 0 saturated carbocycles. The number of amides is 1. The number of rotatable bonds is 5. The Hall–Kier alpha value is -1.76. The maximum Gasteiger partial charge on any atom is 0.263 e. The van der Waals surface area contributed by atoms with Gasteiger partial charge in [-0.05, 0) is 42.5 Å². The van der Waals surface area contributed by atoms with E-state index in [9.17, 15) is 13.2 Å². The van der Waals surface area contributed by atoms with Gasteiger partial charge in [0.25, 0.3) is 10.0 Å². The average molecular weight is 387 g/mol. The fourth-order valence-corrected chi connectivity index (χ4v) is 3.62. The monoisotopic (exact) mass is 386 g/mol. The molecule has 0 aromatic heterocycles. The van der Waals surface area contributed by atoms with Gasteiger partial charge in [0.05, 0.1) is 5.02 Å². The predicted molar refractivity (Wildman–Crippen MR) is 97.2 cm³/mol. The summed E-state index contributed by atoms with van der Waals surface area (Å²) in [6, 6.07) is 10.5. The SMILES string of the molecule is CC(C)C(=O)Nc1ccc(NS(=O)(=O)c2cc(Cl)ccc2Cl)cc1. The highest BCUT2D eigenvalue weighted by molar-refractivity contribution is 7.92. The largest absolute Gasteiger partial charge is 0.326 e. The van der Waals surface area contributed by atoms with Crippen molar-refractivity contribution in [2.45, 2.75) is 18.7 Å². The quantitative estimate of drug-likeness (QED) is 0.799. The van der Waals surface area contributed by atoms with Gasteiger partial charge in [-0.15, -0.1) is 0 Å². The molecular formula is C16H16Cl2N2O3S. The Morgan fingerprint density at radius 1 is 1.00 bits per heavy atom. The van der Waals surface area contributed by atoms with Gasteiger partial charge in [0.1, 0.15) is 4.90 Å². The Balaban J connectivity index is 2.18. The van der Waals surface area contributed by atoms with Crippen LogP contribution >= 0.6 is 23.2 Å². The van der Waals surface area contributed by atoms with Gasteiger partial charge in [0.2, 0.25) is 5.91 Å². The van der Waals surface area contributed by atoms with Gasteiger partial charge >= 0.3 is 0 Å². The number of hydrogen-bond donors (Lipinski definition) is 2. The molecule has 0 saturated heterocycles. The topological polar surface area (TPSA) is 75.3 Å². The van der Waals surface area contributed by atoms with Gasteiger partial charge in [-0.3, -0.25) is 9.52 Å². The Kier molecular flexibility index (Phi) is 5.74. The van der Waals surface area contributed by atoms with Gasteiger partial charge in [0.15, 0.2) is 0 Å². The van der Waals surface area contributed by atoms with Crippen LogP contribution in [0.3, 0.4) is 0 Å². The molecule has 0 heterocycles. The number of nitrogens with one attached hydrogen (secondary N) is 2. The Morgan fingerprint density at radius 3 is 2.17 bits per heavy atom. The van der Waals surface area contributed by atoms with E-state index in [0.717, 1.165) is 0 Å². The van der Waals surface area contributed by atoms with Crippen LogP contribution in [0.25, 0.3) is 0 Å². The van der Waals surface area contributed by atoms with Crippen LogP contribution in [0.15, 0.2) is 47.4 Å². The van der Waals surface area contributed by atoms with E-state index in [-0.39, 0.29) is 26.8 Å². The molecule has 128 valence electrons. The molecule has 0 aliphatic carbocycles. The molecule has 0 spiro atoms. The van der Waals surface area contributed by atoms with E-state index >= 15 is 0 Å². The summed E-state index contributed by atoms with van der Waals surface area (Å²) < 4.78 is 27.2. The zero-order valence-corrected chi connectivity index (χ0v) is 15.3. The van der Waals surface area contributed by atoms with Crippen molar-refractivity contribution in [2.24, 2.45) is 5.92 Å². The van der Waals surface area contributed by atoms with E-state index < -0.39 is 10.0 Å². The average Bonchev–Trinajstić information content (AvgIpc) is 2.51. The van der Waals surface area contributed by atoms with Crippen LogP contribution in [0.2, 0.25) is 10.0 Å². The van der Waals surface area contributed by atoms with Gasteiger partial charge in [-0.2, -0.15) is 0 Å². The number of carbonyl (C=O) groups excluding carboxylic acids is 1. The van der Waals surface area contributed by atoms with Crippen molar-refractivity contribution in [3.8, 4) is 0 Å². The molecule has 24 heavy (non-hydrogen) atoms. The molecule has 0 unspecified atom stereocenters. The van der Waals surface area contributed by atoms with Gasteiger partial charge in [0, 0.05) is 22.3 Å². The summed E-state index contributed by atoms with van der Waals surface area (Å²) in [4.78, 5) is 11.5. The number of anilines is 2. The number of benzene rings is 2. The maximum absolute atomic E-state index is 12.4. The minimum Gasteiger partial charge on any atom is -0.326 e. The first-order valence-electron chi connectivity index (χ1n) is 7.08. The summed E-state index contributed by atoms with van der Waals surface area (Å²) in [5.41, 5.74) is 0.922. The fraction of sp³-hybridized carbons (Fsp3) is 0.188. The summed E-state index contributed by atoms with van der Waals surface area (Å²) >= 11 is 11.8. The van der Waals surface area contributed by atoms with Crippen LogP contribution in [0.1, 0.15) is 13.8 Å². The second kappa shape index (κ2) is 7.42. The van der Waals surface area contributed by atoms with Crippen LogP contribution < -0.4 is 10.0 Å². The molecule has 0 fully saturated rings. The Morgan fingerprint density at radius 2 is 1.58 bits per heavy atom. The third-order valence-electron chi connectivity index (χ3n) is 3.11. The third kappa shape index (κ3) is 4.63. The molecule has 0 radical (unpaired) electrons. The van der Waals surface area contributed by atoms with Crippen molar-refractivity contribution < 1.29 is 13.2 Å². The van der Waals surface area contributed by atoms with Crippen LogP contribution in [0.5, 0.6) is 0 Å². The molecule has 5 nitrogen and oxygen atoms in total. The molecule has 2 aromatic carbocycles. The van der Waals surface area contributed by atoms with E-state index in [1.165, 1.54) is 18.2 Å². The summed E-state index contributed by atoms with van der Waals surface area (Å²) in [6.07, 6.45) is 0. The van der Waals surface area contributed by atoms with Crippen molar-refractivity contribution >= 4 is 50.5 Å².